The van der Waals surface area contributed by atoms with Gasteiger partial charge in [-0.1, -0.05) is 62.4 Å². The average Bonchev–Trinajstić information content (AvgIpc) is 3.52. The summed E-state index contributed by atoms with van der Waals surface area (Å²) >= 11 is 1.37. The highest BCUT2D eigenvalue weighted by molar-refractivity contribution is 7.22. The second-order valence-electron chi connectivity index (χ2n) is 9.94. The molecule has 3 heterocycles. The van der Waals surface area contributed by atoms with Crippen LogP contribution in [0.1, 0.15) is 59.6 Å². The van der Waals surface area contributed by atoms with E-state index in [-0.39, 0.29) is 16.7 Å². The highest BCUT2D eigenvalue weighted by atomic mass is 32.1. The van der Waals surface area contributed by atoms with Crippen molar-refractivity contribution in [2.45, 2.75) is 46.1 Å². The van der Waals surface area contributed by atoms with Gasteiger partial charge in [0.2, 0.25) is 5.78 Å². The number of benzene rings is 2. The Morgan fingerprint density at radius 3 is 2.46 bits per heavy atom. The third-order valence-electron chi connectivity index (χ3n) is 6.31. The van der Waals surface area contributed by atoms with Crippen molar-refractivity contribution >= 4 is 38.4 Å². The number of fused-ring (bicyclic) bond motifs is 1. The van der Waals surface area contributed by atoms with E-state index in [4.69, 9.17) is 9.40 Å². The molecule has 1 N–H and O–H groups in total. The lowest BCUT2D eigenvalue weighted by molar-refractivity contribution is -0.117. The summed E-state index contributed by atoms with van der Waals surface area (Å²) in [5.41, 5.74) is 4.66. The van der Waals surface area contributed by atoms with Crippen LogP contribution in [0.15, 0.2) is 70.5 Å². The summed E-state index contributed by atoms with van der Waals surface area (Å²) < 4.78 is 6.26. The smallest absolute Gasteiger partial charge is 0.296 e. The van der Waals surface area contributed by atoms with Crippen LogP contribution in [0.5, 0.6) is 0 Å². The number of aryl methyl sites for hydroxylation is 2. The molecule has 0 bridgehead atoms. The fraction of sp³-hybridized carbons (Fsp3) is 0.250. The molecular formula is C28H26N2O4S. The minimum Gasteiger partial charge on any atom is -0.503 e. The third kappa shape index (κ3) is 3.86. The molecule has 35 heavy (non-hydrogen) atoms. The molecular weight excluding hydrogens is 460 g/mol. The van der Waals surface area contributed by atoms with Gasteiger partial charge in [-0.2, -0.15) is 0 Å². The van der Waals surface area contributed by atoms with Crippen molar-refractivity contribution < 1.29 is 19.1 Å². The molecule has 1 atom stereocenters. The van der Waals surface area contributed by atoms with Gasteiger partial charge in [-0.15, -0.1) is 0 Å². The Bertz CT molecular complexity index is 1490. The SMILES string of the molecule is Cc1cc(C)c2nc(N3C(=O)C(O)=C(C(=O)c4ccco4)[C@H]3c3ccc(C(C)(C)C)cc3)sc2c1. The number of thiazole rings is 1. The number of amides is 1. The molecule has 1 amide bonds. The first-order valence-electron chi connectivity index (χ1n) is 11.4. The lowest BCUT2D eigenvalue weighted by Gasteiger charge is -2.25. The fourth-order valence-electron chi connectivity index (χ4n) is 4.52. The van der Waals surface area contributed by atoms with Crippen molar-refractivity contribution in [1.29, 1.82) is 0 Å². The number of rotatable bonds is 4. The standard InChI is InChI=1S/C28H26N2O4S/c1-15-13-16(2)22-20(14-15)35-27(29-22)30-23(17-8-10-18(11-9-17)28(3,4)5)21(25(32)26(30)33)24(31)19-7-6-12-34-19/h6-14,23,32H,1-5H3/t23-/m1/s1. The number of aliphatic hydroxyl groups is 1. The molecule has 0 radical (unpaired) electrons. The summed E-state index contributed by atoms with van der Waals surface area (Å²) in [5, 5.41) is 11.4. The second kappa shape index (κ2) is 8.20. The van der Waals surface area contributed by atoms with E-state index in [1.807, 2.05) is 50.2 Å². The van der Waals surface area contributed by atoms with Crippen LogP contribution in [-0.2, 0) is 10.2 Å². The number of Topliss-reactive ketones (excluding diaryl/α,β-unsaturated/α-hetero) is 1. The van der Waals surface area contributed by atoms with Crippen molar-refractivity contribution in [3.8, 4) is 0 Å². The Kier molecular flexibility index (Phi) is 5.40. The van der Waals surface area contributed by atoms with Crippen LogP contribution in [0, 0.1) is 13.8 Å². The Balaban J connectivity index is 1.68. The minimum absolute atomic E-state index is 0.0133. The summed E-state index contributed by atoms with van der Waals surface area (Å²) in [6.07, 6.45) is 1.39. The van der Waals surface area contributed by atoms with E-state index in [0.717, 1.165) is 26.9 Å². The molecule has 1 aliphatic rings. The van der Waals surface area contributed by atoms with Crippen molar-refractivity contribution in [2.75, 3.05) is 4.90 Å². The minimum atomic E-state index is -0.837. The first-order valence-corrected chi connectivity index (χ1v) is 12.2. The molecule has 0 aliphatic carbocycles. The first-order chi connectivity index (χ1) is 16.6. The van der Waals surface area contributed by atoms with E-state index < -0.39 is 23.5 Å². The summed E-state index contributed by atoms with van der Waals surface area (Å²) in [6.45, 7) is 10.4. The van der Waals surface area contributed by atoms with Gasteiger partial charge < -0.3 is 9.52 Å². The molecule has 0 spiro atoms. The molecule has 6 nitrogen and oxygen atoms in total. The fourth-order valence-corrected chi connectivity index (χ4v) is 5.69. The summed E-state index contributed by atoms with van der Waals surface area (Å²) in [6, 6.07) is 14.2. The molecule has 5 rings (SSSR count). The van der Waals surface area contributed by atoms with Gasteiger partial charge in [-0.05, 0) is 59.7 Å². The molecule has 2 aromatic heterocycles. The number of carbonyl (C=O) groups excluding carboxylic acids is 2. The van der Waals surface area contributed by atoms with E-state index in [0.29, 0.717) is 10.7 Å². The zero-order chi connectivity index (χ0) is 25.1. The van der Waals surface area contributed by atoms with Gasteiger partial charge in [0, 0.05) is 0 Å². The number of hydrogen-bond donors (Lipinski definition) is 1. The van der Waals surface area contributed by atoms with Crippen LogP contribution in [0.25, 0.3) is 10.2 Å². The number of ketones is 1. The molecule has 0 saturated carbocycles. The van der Waals surface area contributed by atoms with Gasteiger partial charge >= 0.3 is 0 Å². The van der Waals surface area contributed by atoms with E-state index in [9.17, 15) is 14.7 Å². The summed E-state index contributed by atoms with van der Waals surface area (Å²) in [7, 11) is 0. The normalized spacial score (nSPS) is 16.5. The molecule has 7 heteroatoms. The first kappa shape index (κ1) is 23.1. The lowest BCUT2D eigenvalue weighted by atomic mass is 9.85. The molecule has 0 fully saturated rings. The number of aliphatic hydroxyl groups excluding tert-OH is 1. The summed E-state index contributed by atoms with van der Waals surface area (Å²) in [5.74, 6) is -1.70. The maximum Gasteiger partial charge on any atom is 0.296 e. The molecule has 2 aromatic carbocycles. The van der Waals surface area contributed by atoms with Gasteiger partial charge in [-0.3, -0.25) is 14.5 Å². The number of nitrogens with zero attached hydrogens (tertiary/aromatic N) is 2. The molecule has 178 valence electrons. The summed E-state index contributed by atoms with van der Waals surface area (Å²) in [4.78, 5) is 33.0. The van der Waals surface area contributed by atoms with Gasteiger partial charge in [0.05, 0.1) is 28.1 Å². The highest BCUT2D eigenvalue weighted by Gasteiger charge is 2.46. The van der Waals surface area contributed by atoms with Crippen LogP contribution in [0.3, 0.4) is 0 Å². The molecule has 0 unspecified atom stereocenters. The van der Waals surface area contributed by atoms with E-state index in [2.05, 4.69) is 20.8 Å². The zero-order valence-electron chi connectivity index (χ0n) is 20.2. The highest BCUT2D eigenvalue weighted by Crippen LogP contribution is 2.45. The average molecular weight is 487 g/mol. The predicted octanol–water partition coefficient (Wildman–Crippen LogP) is 6.59. The van der Waals surface area contributed by atoms with Crippen LogP contribution >= 0.6 is 11.3 Å². The van der Waals surface area contributed by atoms with Crippen LogP contribution in [-0.4, -0.2) is 21.8 Å². The van der Waals surface area contributed by atoms with Gasteiger partial charge in [0.1, 0.15) is 0 Å². The molecule has 0 saturated heterocycles. The maximum atomic E-state index is 13.4. The van der Waals surface area contributed by atoms with E-state index in [1.165, 1.54) is 28.6 Å². The number of anilines is 1. The number of aromatic nitrogens is 1. The largest absolute Gasteiger partial charge is 0.503 e. The van der Waals surface area contributed by atoms with Crippen LogP contribution in [0.4, 0.5) is 5.13 Å². The lowest BCUT2D eigenvalue weighted by Crippen LogP contribution is -2.31. The van der Waals surface area contributed by atoms with Crippen molar-refractivity contribution in [3.63, 3.8) is 0 Å². The van der Waals surface area contributed by atoms with Gasteiger partial charge in [0.15, 0.2) is 16.7 Å². The zero-order valence-corrected chi connectivity index (χ0v) is 21.1. The third-order valence-corrected chi connectivity index (χ3v) is 7.32. The Morgan fingerprint density at radius 2 is 1.83 bits per heavy atom. The molecule has 4 aromatic rings. The van der Waals surface area contributed by atoms with E-state index in [1.54, 1.807) is 6.07 Å². The van der Waals surface area contributed by atoms with Crippen molar-refractivity contribution in [2.24, 2.45) is 0 Å². The van der Waals surface area contributed by atoms with Gasteiger partial charge in [0.25, 0.3) is 5.91 Å². The van der Waals surface area contributed by atoms with Crippen LogP contribution in [0.2, 0.25) is 0 Å². The quantitative estimate of drug-likeness (QED) is 0.329. The van der Waals surface area contributed by atoms with E-state index >= 15 is 0 Å². The monoisotopic (exact) mass is 486 g/mol. The molecule has 1 aliphatic heterocycles. The topological polar surface area (TPSA) is 83.6 Å². The Hall–Kier alpha value is -3.71. The number of hydrogen-bond acceptors (Lipinski definition) is 6. The Morgan fingerprint density at radius 1 is 1.11 bits per heavy atom. The second-order valence-corrected chi connectivity index (χ2v) is 11.0. The Labute approximate surface area is 207 Å². The van der Waals surface area contributed by atoms with Crippen molar-refractivity contribution in [3.05, 3.63) is 94.1 Å². The number of furan rings is 1. The maximum absolute atomic E-state index is 13.4. The predicted molar refractivity (Wildman–Crippen MR) is 137 cm³/mol. The number of carbonyl (C=O) groups is 2. The van der Waals surface area contributed by atoms with Gasteiger partial charge in [-0.25, -0.2) is 4.98 Å². The van der Waals surface area contributed by atoms with Crippen LogP contribution < -0.4 is 4.90 Å². The van der Waals surface area contributed by atoms with Crippen molar-refractivity contribution in [1.82, 2.24) is 4.98 Å².